The van der Waals surface area contributed by atoms with Crippen LogP contribution in [-0.2, 0) is 42.9 Å². The van der Waals surface area contributed by atoms with Gasteiger partial charge in [0.25, 0.3) is 0 Å². The highest BCUT2D eigenvalue weighted by Crippen LogP contribution is 2.50. The molecule has 4 fully saturated rings. The smallest absolute Gasteiger partial charge is 0.379 e. The quantitative estimate of drug-likeness (QED) is 0.375. The zero-order chi connectivity index (χ0) is 23.4. The Hall–Kier alpha value is -0.900. The molecule has 5 atom stereocenters. The minimum absolute atomic E-state index is 0.120. The highest BCUT2D eigenvalue weighted by molar-refractivity contribution is 7.85. The Morgan fingerprint density at radius 2 is 1.78 bits per heavy atom. The summed E-state index contributed by atoms with van der Waals surface area (Å²) < 4.78 is 71.1. The van der Waals surface area contributed by atoms with Crippen molar-refractivity contribution in [3.8, 4) is 0 Å². The molecule has 0 saturated carbocycles. The molecule has 0 radical (unpaired) electrons. The van der Waals surface area contributed by atoms with Crippen molar-refractivity contribution >= 4 is 16.6 Å². The summed E-state index contributed by atoms with van der Waals surface area (Å²) in [5.41, 5.74) is 0. The number of nitrogens with zero attached hydrogens (tertiary/aromatic N) is 3. The van der Waals surface area contributed by atoms with Gasteiger partial charge in [-0.1, -0.05) is 0 Å². The molecule has 0 aromatic heterocycles. The molecule has 0 aliphatic carbocycles. The Labute approximate surface area is 188 Å². The number of morpholine rings is 1. The van der Waals surface area contributed by atoms with Gasteiger partial charge in [0.15, 0.2) is 17.8 Å². The molecule has 0 aromatic carbocycles. The van der Waals surface area contributed by atoms with Gasteiger partial charge in [-0.25, -0.2) is 4.18 Å². The van der Waals surface area contributed by atoms with Crippen LogP contribution in [0.25, 0.3) is 0 Å². The third kappa shape index (κ3) is 4.81. The molecule has 4 aliphatic heterocycles. The number of fused-ring (bicyclic) bond motifs is 3. The van der Waals surface area contributed by atoms with E-state index in [2.05, 4.69) is 4.40 Å². The van der Waals surface area contributed by atoms with Crippen LogP contribution in [0.4, 0.5) is 0 Å². The van der Waals surface area contributed by atoms with Crippen LogP contribution in [0.15, 0.2) is 4.40 Å². The van der Waals surface area contributed by atoms with Crippen molar-refractivity contribution < 1.29 is 41.0 Å². The summed E-state index contributed by atoms with van der Waals surface area (Å²) in [7, 11) is -1.02. The Kier molecular flexibility index (Phi) is 6.36. The van der Waals surface area contributed by atoms with Gasteiger partial charge in [0.05, 0.1) is 19.8 Å². The molecule has 4 rings (SSSR count). The molecular formula is C19H33N3O9S. The standard InChI is InChI=1S/C19H33N3O9S/c1-17(2)27-13-11-26-19(15(14(13)28-17)29-18(3,4)31-19)16(22-7-9-25-10-8-22)30-32(23,24)20-12-21(5)6/h12-16H,7-11H2,1-6H3/t13-,14-,15+,16?,19-/m1/s1. The third-order valence-corrected chi connectivity index (χ3v) is 6.33. The predicted octanol–water partition coefficient (Wildman–Crippen LogP) is -0.106. The lowest BCUT2D eigenvalue weighted by molar-refractivity contribution is -0.337. The van der Waals surface area contributed by atoms with Crippen molar-refractivity contribution in [2.45, 2.75) is 69.6 Å². The normalized spacial score (nSPS) is 37.9. The summed E-state index contributed by atoms with van der Waals surface area (Å²) in [6.07, 6.45) is -1.77. The van der Waals surface area contributed by atoms with Gasteiger partial charge in [-0.05, 0) is 27.7 Å². The van der Waals surface area contributed by atoms with E-state index in [0.29, 0.717) is 26.3 Å². The van der Waals surface area contributed by atoms with Crippen LogP contribution in [0.2, 0.25) is 0 Å². The average Bonchev–Trinajstić information content (AvgIpc) is 3.17. The minimum Gasteiger partial charge on any atom is -0.379 e. The molecule has 12 nitrogen and oxygen atoms in total. The monoisotopic (exact) mass is 479 g/mol. The lowest BCUT2D eigenvalue weighted by Gasteiger charge is -2.47. The van der Waals surface area contributed by atoms with Gasteiger partial charge < -0.3 is 33.3 Å². The number of hydrogen-bond acceptors (Lipinski definition) is 10. The summed E-state index contributed by atoms with van der Waals surface area (Å²) in [4.78, 5) is 3.31. The van der Waals surface area contributed by atoms with Crippen molar-refractivity contribution in [2.75, 3.05) is 47.0 Å². The molecule has 184 valence electrons. The van der Waals surface area contributed by atoms with Crippen molar-refractivity contribution in [2.24, 2.45) is 4.40 Å². The van der Waals surface area contributed by atoms with E-state index >= 15 is 0 Å². The van der Waals surface area contributed by atoms with E-state index in [1.165, 1.54) is 4.90 Å². The van der Waals surface area contributed by atoms with Gasteiger partial charge in [-0.15, -0.1) is 4.40 Å². The maximum absolute atomic E-state index is 12.8. The van der Waals surface area contributed by atoms with Crippen LogP contribution in [0.3, 0.4) is 0 Å². The zero-order valence-corrected chi connectivity index (χ0v) is 20.2. The maximum atomic E-state index is 12.8. The van der Waals surface area contributed by atoms with E-state index in [1.807, 2.05) is 18.7 Å². The number of hydrogen-bond donors (Lipinski definition) is 0. The van der Waals surface area contributed by atoms with Gasteiger partial charge in [0.2, 0.25) is 5.79 Å². The fourth-order valence-electron chi connectivity index (χ4n) is 4.47. The summed E-state index contributed by atoms with van der Waals surface area (Å²) >= 11 is 0. The molecule has 13 heteroatoms. The molecule has 0 N–H and O–H groups in total. The highest BCUT2D eigenvalue weighted by Gasteiger charge is 2.70. The molecule has 0 spiro atoms. The van der Waals surface area contributed by atoms with E-state index in [9.17, 15) is 8.42 Å². The Bertz CT molecular complexity index is 828. The van der Waals surface area contributed by atoms with E-state index in [4.69, 9.17) is 32.6 Å². The van der Waals surface area contributed by atoms with Gasteiger partial charge in [-0.2, -0.15) is 8.42 Å². The zero-order valence-electron chi connectivity index (χ0n) is 19.3. The molecule has 4 aliphatic rings. The van der Waals surface area contributed by atoms with Crippen LogP contribution in [0, 0.1) is 0 Å². The first kappa shape index (κ1) is 24.2. The average molecular weight is 480 g/mol. The first-order chi connectivity index (χ1) is 14.8. The SMILES string of the molecule is CN(C)C=NS(=O)(=O)OC(N1CCOCC1)[C@@]12OC[C@H]3OC(C)(C)O[C@H]3[C@@H]1OC(C)(C)O2. The summed E-state index contributed by atoms with van der Waals surface area (Å²) in [6, 6.07) is 0. The van der Waals surface area contributed by atoms with E-state index in [0.717, 1.165) is 6.34 Å². The van der Waals surface area contributed by atoms with Gasteiger partial charge >= 0.3 is 10.3 Å². The molecule has 1 unspecified atom stereocenters. The second-order valence-corrected chi connectivity index (χ2v) is 10.7. The fourth-order valence-corrected chi connectivity index (χ4v) is 5.31. The van der Waals surface area contributed by atoms with Gasteiger partial charge in [0.1, 0.15) is 24.7 Å². The largest absolute Gasteiger partial charge is 0.383 e. The Morgan fingerprint density at radius 3 is 2.44 bits per heavy atom. The van der Waals surface area contributed by atoms with Crippen LogP contribution in [0.1, 0.15) is 27.7 Å². The molecule has 4 saturated heterocycles. The topological polar surface area (TPSA) is 118 Å². The number of rotatable bonds is 6. The van der Waals surface area contributed by atoms with Crippen molar-refractivity contribution in [3.05, 3.63) is 0 Å². The first-order valence-electron chi connectivity index (χ1n) is 10.7. The van der Waals surface area contributed by atoms with Crippen LogP contribution < -0.4 is 0 Å². The van der Waals surface area contributed by atoms with Crippen LogP contribution in [-0.4, -0.2) is 113 Å². The summed E-state index contributed by atoms with van der Waals surface area (Å²) in [6.45, 7) is 8.86. The van der Waals surface area contributed by atoms with Crippen LogP contribution in [0.5, 0.6) is 0 Å². The second kappa shape index (κ2) is 8.40. The van der Waals surface area contributed by atoms with Crippen LogP contribution >= 0.6 is 0 Å². The molecule has 0 bridgehead atoms. The summed E-state index contributed by atoms with van der Waals surface area (Å²) in [5.74, 6) is -3.52. The van der Waals surface area contributed by atoms with Crippen molar-refractivity contribution in [3.63, 3.8) is 0 Å². The van der Waals surface area contributed by atoms with Crippen molar-refractivity contribution in [1.29, 1.82) is 0 Å². The lowest BCUT2D eigenvalue weighted by Crippen LogP contribution is -2.69. The Morgan fingerprint density at radius 1 is 1.09 bits per heavy atom. The molecule has 0 amide bonds. The third-order valence-electron chi connectivity index (χ3n) is 5.55. The number of ether oxygens (including phenoxy) is 6. The van der Waals surface area contributed by atoms with E-state index in [-0.39, 0.29) is 6.61 Å². The van der Waals surface area contributed by atoms with E-state index in [1.54, 1.807) is 27.9 Å². The predicted molar refractivity (Wildman–Crippen MR) is 111 cm³/mol. The van der Waals surface area contributed by atoms with Gasteiger partial charge in [0, 0.05) is 27.2 Å². The molecule has 32 heavy (non-hydrogen) atoms. The van der Waals surface area contributed by atoms with Gasteiger partial charge in [-0.3, -0.25) is 4.90 Å². The Balaban J connectivity index is 1.72. The summed E-state index contributed by atoms with van der Waals surface area (Å²) in [5, 5.41) is 0. The highest BCUT2D eigenvalue weighted by atomic mass is 32.2. The second-order valence-electron chi connectivity index (χ2n) is 9.42. The van der Waals surface area contributed by atoms with E-state index < -0.39 is 52.2 Å². The molecular weight excluding hydrogens is 446 g/mol. The molecule has 0 aromatic rings. The lowest BCUT2D eigenvalue weighted by atomic mass is 9.95. The fraction of sp³-hybridized carbons (Fsp3) is 0.947. The maximum Gasteiger partial charge on any atom is 0.383 e. The minimum atomic E-state index is -4.34. The first-order valence-corrected chi connectivity index (χ1v) is 12.0. The van der Waals surface area contributed by atoms with Crippen molar-refractivity contribution in [1.82, 2.24) is 9.80 Å². The molecule has 4 heterocycles.